The second-order valence-corrected chi connectivity index (χ2v) is 22.8. The molecule has 8 aliphatic rings. The first-order chi connectivity index (χ1) is 18.8. The zero-order valence-corrected chi connectivity index (χ0v) is 27.5. The second kappa shape index (κ2) is 9.57. The molecule has 6 saturated carbocycles. The molecular formula is C36H62N2Si. The van der Waals surface area contributed by atoms with Crippen LogP contribution in [-0.4, -0.2) is 56.1 Å². The van der Waals surface area contributed by atoms with Crippen molar-refractivity contribution < 1.29 is 0 Å². The van der Waals surface area contributed by atoms with E-state index in [1.807, 2.05) is 0 Å². The lowest BCUT2D eigenvalue weighted by atomic mass is 9.73. The molecule has 16 atom stereocenters. The van der Waals surface area contributed by atoms with Crippen molar-refractivity contribution in [2.24, 2.45) is 59.2 Å². The second-order valence-electron chi connectivity index (χ2n) is 17.9. The standard InChI is InChI=1S/C36H62N2Si/c1-21-15-17-29-27(19-21)31-33(37(29)3)23-11-7-9-13-25(23)35(31)39(5,6)36-26-14-10-8-12-24(26)34-32(36)28-20-22(2)16-18-30(28)38(34)4/h21-36H,7-20H2,1-6H3. The predicted octanol–water partition coefficient (Wildman–Crippen LogP) is 8.55. The molecule has 0 amide bonds. The Balaban J connectivity index is 1.22. The molecule has 0 radical (unpaired) electrons. The highest BCUT2D eigenvalue weighted by Crippen LogP contribution is 2.72. The molecule has 0 aromatic carbocycles. The smallest absolute Gasteiger partial charge is 0.0548 e. The molecular weight excluding hydrogens is 488 g/mol. The van der Waals surface area contributed by atoms with Crippen LogP contribution in [-0.2, 0) is 0 Å². The number of rotatable bonds is 2. The summed E-state index contributed by atoms with van der Waals surface area (Å²) in [5, 5.41) is 0. The predicted molar refractivity (Wildman–Crippen MR) is 167 cm³/mol. The third-order valence-electron chi connectivity index (χ3n) is 16.1. The van der Waals surface area contributed by atoms with Crippen molar-refractivity contribution in [3.63, 3.8) is 0 Å². The first-order valence-corrected chi connectivity index (χ1v) is 21.4. The van der Waals surface area contributed by atoms with Crippen molar-refractivity contribution in [3.8, 4) is 0 Å². The third-order valence-corrected chi connectivity index (χ3v) is 21.2. The molecule has 8 rings (SSSR count). The lowest BCUT2D eigenvalue weighted by Crippen LogP contribution is -2.50. The summed E-state index contributed by atoms with van der Waals surface area (Å²) in [5.74, 6) is 10.3. The van der Waals surface area contributed by atoms with Crippen LogP contribution in [0, 0.1) is 59.2 Å². The summed E-state index contributed by atoms with van der Waals surface area (Å²) in [6, 6.07) is 3.73. The quantitative estimate of drug-likeness (QED) is 0.318. The van der Waals surface area contributed by atoms with E-state index in [1.54, 1.807) is 51.4 Å². The highest BCUT2D eigenvalue weighted by molar-refractivity contribution is 6.80. The number of hydrogen-bond acceptors (Lipinski definition) is 2. The summed E-state index contributed by atoms with van der Waals surface area (Å²) >= 11 is 0. The molecule has 0 aromatic heterocycles. The average molecular weight is 551 g/mol. The number of fused-ring (bicyclic) bond motifs is 10. The van der Waals surface area contributed by atoms with Gasteiger partial charge in [-0.25, -0.2) is 0 Å². The zero-order chi connectivity index (χ0) is 26.8. The number of hydrogen-bond donors (Lipinski definition) is 0. The van der Waals surface area contributed by atoms with Gasteiger partial charge in [-0.05, 0) is 136 Å². The van der Waals surface area contributed by atoms with Gasteiger partial charge in [0.15, 0.2) is 0 Å². The van der Waals surface area contributed by atoms with Crippen LogP contribution in [0.4, 0.5) is 0 Å². The highest BCUT2D eigenvalue weighted by Gasteiger charge is 2.70. The number of nitrogens with zero attached hydrogens (tertiary/aromatic N) is 2. The van der Waals surface area contributed by atoms with Crippen molar-refractivity contribution in [2.75, 3.05) is 14.1 Å². The summed E-state index contributed by atoms with van der Waals surface area (Å²) in [6.45, 7) is 11.3. The van der Waals surface area contributed by atoms with Crippen molar-refractivity contribution in [2.45, 2.75) is 152 Å². The molecule has 2 heterocycles. The van der Waals surface area contributed by atoms with E-state index in [0.717, 1.165) is 94.4 Å². The summed E-state index contributed by atoms with van der Waals surface area (Å²) in [6.07, 6.45) is 21.6. The minimum Gasteiger partial charge on any atom is -0.300 e. The Bertz CT molecular complexity index is 861. The molecule has 2 aliphatic heterocycles. The van der Waals surface area contributed by atoms with Gasteiger partial charge < -0.3 is 0 Å². The molecule has 0 aromatic rings. The average Bonchev–Trinajstić information content (AvgIpc) is 3.61. The van der Waals surface area contributed by atoms with E-state index >= 15 is 0 Å². The van der Waals surface area contributed by atoms with E-state index < -0.39 is 8.07 Å². The lowest BCUT2D eigenvalue weighted by molar-refractivity contribution is 0.105. The molecule has 220 valence electrons. The Morgan fingerprint density at radius 1 is 0.487 bits per heavy atom. The van der Waals surface area contributed by atoms with Crippen LogP contribution in [0.1, 0.15) is 104 Å². The minimum atomic E-state index is -1.53. The minimum absolute atomic E-state index is 0.923. The molecule has 39 heavy (non-hydrogen) atoms. The van der Waals surface area contributed by atoms with E-state index in [9.17, 15) is 0 Å². The monoisotopic (exact) mass is 550 g/mol. The van der Waals surface area contributed by atoms with Crippen molar-refractivity contribution in [3.05, 3.63) is 0 Å². The molecule has 16 unspecified atom stereocenters. The Labute approximate surface area is 242 Å². The van der Waals surface area contributed by atoms with E-state index in [4.69, 9.17) is 0 Å². The third kappa shape index (κ3) is 3.69. The van der Waals surface area contributed by atoms with Crippen LogP contribution in [0.25, 0.3) is 0 Å². The van der Waals surface area contributed by atoms with E-state index in [-0.39, 0.29) is 0 Å². The normalized spacial score (nSPS) is 57.4. The summed E-state index contributed by atoms with van der Waals surface area (Å²) in [7, 11) is 3.69. The van der Waals surface area contributed by atoms with Gasteiger partial charge >= 0.3 is 0 Å². The van der Waals surface area contributed by atoms with Gasteiger partial charge in [0.2, 0.25) is 0 Å². The summed E-state index contributed by atoms with van der Waals surface area (Å²) in [5.41, 5.74) is 2.24. The Morgan fingerprint density at radius 3 is 1.28 bits per heavy atom. The first-order valence-electron chi connectivity index (χ1n) is 18.2. The van der Waals surface area contributed by atoms with Crippen LogP contribution >= 0.6 is 0 Å². The molecule has 6 aliphatic carbocycles. The van der Waals surface area contributed by atoms with Crippen LogP contribution in [0.15, 0.2) is 0 Å². The largest absolute Gasteiger partial charge is 0.300 e. The zero-order valence-electron chi connectivity index (χ0n) is 26.5. The van der Waals surface area contributed by atoms with Crippen LogP contribution < -0.4 is 0 Å². The fraction of sp³-hybridized carbons (Fsp3) is 1.00. The first kappa shape index (κ1) is 26.7. The Kier molecular flexibility index (Phi) is 6.56. The van der Waals surface area contributed by atoms with Crippen molar-refractivity contribution >= 4 is 8.07 Å². The SMILES string of the molecule is CC1CCC2C(C1)C1C(C3CCCCC3C1[Si](C)(C)C1C3CCCCC3C3C1C1CC(C)CCC1N3C)N2C. The van der Waals surface area contributed by atoms with E-state index in [2.05, 4.69) is 50.8 Å². The van der Waals surface area contributed by atoms with Gasteiger partial charge in [0.1, 0.15) is 0 Å². The summed E-state index contributed by atoms with van der Waals surface area (Å²) < 4.78 is 0. The fourth-order valence-electron chi connectivity index (χ4n) is 15.3. The Morgan fingerprint density at radius 2 is 0.872 bits per heavy atom. The lowest BCUT2D eigenvalue weighted by Gasteiger charge is -2.51. The molecule has 0 bridgehead atoms. The molecule has 2 nitrogen and oxygen atoms in total. The molecule has 0 N–H and O–H groups in total. The fourth-order valence-corrected chi connectivity index (χ4v) is 21.6. The maximum absolute atomic E-state index is 3.05. The highest BCUT2D eigenvalue weighted by atomic mass is 28.3. The van der Waals surface area contributed by atoms with Crippen LogP contribution in [0.3, 0.4) is 0 Å². The van der Waals surface area contributed by atoms with Crippen molar-refractivity contribution in [1.82, 2.24) is 9.80 Å². The van der Waals surface area contributed by atoms with E-state index in [1.165, 1.54) is 38.5 Å². The van der Waals surface area contributed by atoms with Gasteiger partial charge in [-0.2, -0.15) is 0 Å². The summed E-state index contributed by atoms with van der Waals surface area (Å²) in [4.78, 5) is 6.11. The van der Waals surface area contributed by atoms with Gasteiger partial charge in [0, 0.05) is 24.2 Å². The van der Waals surface area contributed by atoms with Crippen LogP contribution in [0.5, 0.6) is 0 Å². The van der Waals surface area contributed by atoms with E-state index in [0.29, 0.717) is 0 Å². The Hall–Kier alpha value is 0.137. The van der Waals surface area contributed by atoms with Crippen LogP contribution in [0.2, 0.25) is 24.2 Å². The van der Waals surface area contributed by atoms with Gasteiger partial charge in [0.25, 0.3) is 0 Å². The molecule has 0 spiro atoms. The van der Waals surface area contributed by atoms with Gasteiger partial charge in [0.05, 0.1) is 8.07 Å². The number of likely N-dealkylation sites (tertiary alicyclic amines) is 2. The van der Waals surface area contributed by atoms with Gasteiger partial charge in [-0.15, -0.1) is 0 Å². The molecule has 8 fully saturated rings. The maximum Gasteiger partial charge on any atom is 0.0548 e. The van der Waals surface area contributed by atoms with Crippen molar-refractivity contribution in [1.29, 1.82) is 0 Å². The molecule has 3 heteroatoms. The van der Waals surface area contributed by atoms with Gasteiger partial charge in [-0.3, -0.25) is 9.80 Å². The van der Waals surface area contributed by atoms with Gasteiger partial charge in [-0.1, -0.05) is 65.5 Å². The topological polar surface area (TPSA) is 6.48 Å². The molecule has 2 saturated heterocycles. The maximum atomic E-state index is 3.05.